The van der Waals surface area contributed by atoms with Crippen molar-refractivity contribution in [2.75, 3.05) is 26.7 Å². The normalized spacial score (nSPS) is 20.0. The summed E-state index contributed by atoms with van der Waals surface area (Å²) in [7, 11) is 1.61. The number of β-amino-alcohol motifs (C(OH)–C–C–N with tert-alkyl or cyclic N) is 1. The van der Waals surface area contributed by atoms with Crippen LogP contribution in [0.2, 0.25) is 0 Å². The van der Waals surface area contributed by atoms with Gasteiger partial charge in [-0.3, -0.25) is 4.79 Å². The molecule has 1 saturated heterocycles. The van der Waals surface area contributed by atoms with Crippen LogP contribution in [0.3, 0.4) is 0 Å². The summed E-state index contributed by atoms with van der Waals surface area (Å²) < 4.78 is 6.78. The number of aromatic nitrogens is 4. The Morgan fingerprint density at radius 2 is 2.30 bits per heavy atom. The number of aliphatic hydroxyl groups excluding tert-OH is 1. The molecule has 3 unspecified atom stereocenters. The predicted molar refractivity (Wildman–Crippen MR) is 101 cm³/mol. The number of methoxy groups -OCH3 is 1. The van der Waals surface area contributed by atoms with Crippen LogP contribution in [-0.4, -0.2) is 64.1 Å². The lowest BCUT2D eigenvalue weighted by Gasteiger charge is -2.20. The Balaban J connectivity index is 0.00000261. The van der Waals surface area contributed by atoms with Crippen LogP contribution in [0, 0.1) is 12.8 Å². The highest BCUT2D eigenvalue weighted by molar-refractivity contribution is 5.85. The molecule has 1 aromatic heterocycles. The quantitative estimate of drug-likeness (QED) is 0.598. The molecule has 3 rings (SSSR count). The van der Waals surface area contributed by atoms with Crippen LogP contribution < -0.4 is 15.4 Å². The van der Waals surface area contributed by atoms with Gasteiger partial charge in [0, 0.05) is 32.0 Å². The summed E-state index contributed by atoms with van der Waals surface area (Å²) in [6, 6.07) is 6.99. The molecule has 0 saturated carbocycles. The lowest BCUT2D eigenvalue weighted by molar-refractivity contribution is -0.125. The van der Waals surface area contributed by atoms with Crippen molar-refractivity contribution in [1.29, 1.82) is 0 Å². The van der Waals surface area contributed by atoms with Crippen molar-refractivity contribution < 1.29 is 14.6 Å². The van der Waals surface area contributed by atoms with E-state index in [0.29, 0.717) is 31.9 Å². The number of benzene rings is 1. The number of tetrazole rings is 1. The summed E-state index contributed by atoms with van der Waals surface area (Å²) in [6.45, 7) is 3.41. The Morgan fingerprint density at radius 1 is 1.48 bits per heavy atom. The number of halogens is 1. The average Bonchev–Trinajstić information content (AvgIpc) is 3.26. The zero-order valence-electron chi connectivity index (χ0n) is 15.3. The van der Waals surface area contributed by atoms with E-state index in [1.54, 1.807) is 14.0 Å². The minimum atomic E-state index is -0.580. The number of hydrogen-bond acceptors (Lipinski definition) is 7. The van der Waals surface area contributed by atoms with Gasteiger partial charge in [0.05, 0.1) is 13.2 Å². The smallest absolute Gasteiger partial charge is 0.245 e. The van der Waals surface area contributed by atoms with Gasteiger partial charge in [0.2, 0.25) is 5.91 Å². The number of aliphatic hydroxyl groups is 1. The fraction of sp³-hybridized carbons (Fsp3) is 0.529. The van der Waals surface area contributed by atoms with Gasteiger partial charge in [0.1, 0.15) is 17.6 Å². The Kier molecular flexibility index (Phi) is 7.52. The molecule has 0 radical (unpaired) electrons. The second kappa shape index (κ2) is 9.63. The van der Waals surface area contributed by atoms with Crippen molar-refractivity contribution in [2.24, 2.45) is 5.92 Å². The number of ether oxygens (including phenoxy) is 1. The Hall–Kier alpha value is -2.23. The maximum absolute atomic E-state index is 12.9. The number of carbonyl (C=O) groups is 1. The maximum Gasteiger partial charge on any atom is 0.245 e. The van der Waals surface area contributed by atoms with Crippen LogP contribution in [0.1, 0.15) is 17.4 Å². The molecule has 2 heterocycles. The van der Waals surface area contributed by atoms with Gasteiger partial charge in [-0.1, -0.05) is 12.1 Å². The molecule has 3 atom stereocenters. The van der Waals surface area contributed by atoms with Gasteiger partial charge in [0.15, 0.2) is 0 Å². The van der Waals surface area contributed by atoms with Gasteiger partial charge in [-0.05, 0) is 35.0 Å². The first-order chi connectivity index (χ1) is 12.6. The van der Waals surface area contributed by atoms with Crippen LogP contribution in [0.25, 0.3) is 0 Å². The number of rotatable bonds is 7. The third-order valence-corrected chi connectivity index (χ3v) is 4.66. The van der Waals surface area contributed by atoms with Crippen molar-refractivity contribution >= 4 is 18.3 Å². The largest absolute Gasteiger partial charge is 0.497 e. The summed E-state index contributed by atoms with van der Waals surface area (Å²) in [4.78, 5) is 12.9. The molecule has 1 aliphatic heterocycles. The Bertz CT molecular complexity index is 756. The van der Waals surface area contributed by atoms with E-state index in [1.807, 2.05) is 24.3 Å². The van der Waals surface area contributed by atoms with Gasteiger partial charge in [0.25, 0.3) is 0 Å². The van der Waals surface area contributed by atoms with E-state index in [2.05, 4.69) is 26.2 Å². The van der Waals surface area contributed by atoms with Crippen LogP contribution in [-0.2, 0) is 11.2 Å². The molecule has 9 nitrogen and oxygen atoms in total. The lowest BCUT2D eigenvalue weighted by Crippen LogP contribution is -2.40. The molecule has 0 aliphatic carbocycles. The number of carbonyl (C=O) groups excluding carboxylic acids is 1. The molecule has 1 fully saturated rings. The Labute approximate surface area is 163 Å². The molecule has 1 amide bonds. The highest BCUT2D eigenvalue weighted by Crippen LogP contribution is 2.19. The zero-order chi connectivity index (χ0) is 18.5. The number of nitrogens with one attached hydrogen (secondary N) is 2. The predicted octanol–water partition coefficient (Wildman–Crippen LogP) is -0.108. The number of aryl methyl sites for hydroxylation is 1. The van der Waals surface area contributed by atoms with E-state index in [0.717, 1.165) is 11.3 Å². The van der Waals surface area contributed by atoms with E-state index in [1.165, 1.54) is 4.68 Å². The summed E-state index contributed by atoms with van der Waals surface area (Å²) in [5.74, 6) is 1.12. The average molecular weight is 397 g/mol. The fourth-order valence-corrected chi connectivity index (χ4v) is 3.12. The maximum atomic E-state index is 12.9. The zero-order valence-corrected chi connectivity index (χ0v) is 16.1. The molecule has 27 heavy (non-hydrogen) atoms. The third-order valence-electron chi connectivity index (χ3n) is 4.66. The number of amides is 1. The second-order valence-electron chi connectivity index (χ2n) is 6.47. The molecule has 0 bridgehead atoms. The first-order valence-corrected chi connectivity index (χ1v) is 8.62. The molecule has 1 aromatic carbocycles. The molecule has 1 aliphatic rings. The highest BCUT2D eigenvalue weighted by atomic mass is 35.5. The highest BCUT2D eigenvalue weighted by Gasteiger charge is 2.28. The lowest BCUT2D eigenvalue weighted by atomic mass is 10.0. The first-order valence-electron chi connectivity index (χ1n) is 8.62. The monoisotopic (exact) mass is 396 g/mol. The molecule has 2 aromatic rings. The Morgan fingerprint density at radius 3 is 2.93 bits per heavy atom. The van der Waals surface area contributed by atoms with Gasteiger partial charge >= 0.3 is 0 Å². The van der Waals surface area contributed by atoms with Gasteiger partial charge in [-0.25, -0.2) is 4.68 Å². The molecular weight excluding hydrogens is 372 g/mol. The van der Waals surface area contributed by atoms with Crippen LogP contribution >= 0.6 is 12.4 Å². The topological polar surface area (TPSA) is 114 Å². The summed E-state index contributed by atoms with van der Waals surface area (Å²) in [5.41, 5.74) is 0.946. The molecule has 10 heteroatoms. The number of hydrogen-bond donors (Lipinski definition) is 3. The van der Waals surface area contributed by atoms with E-state index >= 15 is 0 Å². The van der Waals surface area contributed by atoms with E-state index < -0.39 is 12.1 Å². The third kappa shape index (κ3) is 5.15. The van der Waals surface area contributed by atoms with Gasteiger partial charge in [-0.2, -0.15) is 0 Å². The summed E-state index contributed by atoms with van der Waals surface area (Å²) >= 11 is 0. The van der Waals surface area contributed by atoms with Crippen molar-refractivity contribution in [3.63, 3.8) is 0 Å². The summed E-state index contributed by atoms with van der Waals surface area (Å²) in [6.07, 6.45) is -0.0117. The fourth-order valence-electron chi connectivity index (χ4n) is 3.12. The number of nitrogens with zero attached hydrogens (tertiary/aromatic N) is 4. The first kappa shape index (κ1) is 21.1. The second-order valence-corrected chi connectivity index (χ2v) is 6.47. The van der Waals surface area contributed by atoms with Crippen molar-refractivity contribution in [3.8, 4) is 5.75 Å². The van der Waals surface area contributed by atoms with E-state index in [9.17, 15) is 9.90 Å². The van der Waals surface area contributed by atoms with Crippen molar-refractivity contribution in [1.82, 2.24) is 30.8 Å². The van der Waals surface area contributed by atoms with Crippen LogP contribution in [0.5, 0.6) is 5.75 Å². The van der Waals surface area contributed by atoms with Crippen LogP contribution in [0.15, 0.2) is 24.3 Å². The van der Waals surface area contributed by atoms with Gasteiger partial charge in [-0.15, -0.1) is 17.5 Å². The van der Waals surface area contributed by atoms with E-state index in [4.69, 9.17) is 4.74 Å². The molecular formula is C17H25ClN6O3. The molecule has 3 N–H and O–H groups in total. The minimum absolute atomic E-state index is 0. The SMILES string of the molecule is COc1cccc(CC(C(=O)NCC2CNCC2O)n2nnnc2C)c1.Cl. The minimum Gasteiger partial charge on any atom is -0.497 e. The van der Waals surface area contributed by atoms with Gasteiger partial charge < -0.3 is 20.5 Å². The summed E-state index contributed by atoms with van der Waals surface area (Å²) in [5, 5.41) is 27.5. The van der Waals surface area contributed by atoms with Crippen molar-refractivity contribution in [3.05, 3.63) is 35.7 Å². The standard InChI is InChI=1S/C17H24N6O3.ClH/c1-11-20-21-22-23(11)15(7-12-4-3-5-14(6-12)26-2)17(25)19-9-13-8-18-10-16(13)24;/h3-6,13,15-16,18,24H,7-10H2,1-2H3,(H,19,25);1H. The molecule has 148 valence electrons. The van der Waals surface area contributed by atoms with Crippen molar-refractivity contribution in [2.45, 2.75) is 25.5 Å². The van der Waals surface area contributed by atoms with Crippen LogP contribution in [0.4, 0.5) is 0 Å². The molecule has 0 spiro atoms. The van der Waals surface area contributed by atoms with E-state index in [-0.39, 0.29) is 24.2 Å².